The maximum absolute atomic E-state index is 6.13. The number of fused-ring (bicyclic) bond motifs is 1. The number of pyridine rings is 1. The average Bonchev–Trinajstić information content (AvgIpc) is 2.47. The maximum Gasteiger partial charge on any atom is 0.139 e. The standard InChI is InChI=1S/C16H11ClN2OS/c17-12-4-1-5-14(15(12)16(18)21)20-11-7-6-10-3-2-8-19-13(10)9-11/h1-9H,(H2,18,21). The van der Waals surface area contributed by atoms with Crippen molar-refractivity contribution in [3.63, 3.8) is 0 Å². The highest BCUT2D eigenvalue weighted by Crippen LogP contribution is 2.31. The number of ether oxygens (including phenoxy) is 1. The van der Waals surface area contributed by atoms with Gasteiger partial charge >= 0.3 is 0 Å². The molecule has 1 aromatic heterocycles. The highest BCUT2D eigenvalue weighted by atomic mass is 35.5. The van der Waals surface area contributed by atoms with Crippen LogP contribution in [0, 0.1) is 0 Å². The number of rotatable bonds is 3. The van der Waals surface area contributed by atoms with Crippen molar-refractivity contribution < 1.29 is 4.74 Å². The fourth-order valence-electron chi connectivity index (χ4n) is 2.07. The molecule has 0 aliphatic rings. The highest BCUT2D eigenvalue weighted by Gasteiger charge is 2.12. The molecule has 0 saturated carbocycles. The molecule has 104 valence electrons. The van der Waals surface area contributed by atoms with Gasteiger partial charge in [-0.25, -0.2) is 0 Å². The molecular formula is C16H11ClN2OS. The summed E-state index contributed by atoms with van der Waals surface area (Å²) >= 11 is 11.2. The van der Waals surface area contributed by atoms with Crippen LogP contribution in [0.4, 0.5) is 0 Å². The van der Waals surface area contributed by atoms with Crippen molar-refractivity contribution in [2.75, 3.05) is 0 Å². The summed E-state index contributed by atoms with van der Waals surface area (Å²) in [5.74, 6) is 1.19. The Kier molecular flexibility index (Phi) is 3.73. The second-order valence-electron chi connectivity index (χ2n) is 4.44. The summed E-state index contributed by atoms with van der Waals surface area (Å²) < 4.78 is 5.87. The molecule has 2 aromatic carbocycles. The summed E-state index contributed by atoms with van der Waals surface area (Å²) in [6.07, 6.45) is 1.74. The number of benzene rings is 2. The molecule has 3 nitrogen and oxygen atoms in total. The lowest BCUT2D eigenvalue weighted by Gasteiger charge is -2.12. The average molecular weight is 315 g/mol. The summed E-state index contributed by atoms with van der Waals surface area (Å²) in [6.45, 7) is 0. The van der Waals surface area contributed by atoms with Gasteiger partial charge in [0, 0.05) is 17.6 Å². The lowest BCUT2D eigenvalue weighted by atomic mass is 10.2. The van der Waals surface area contributed by atoms with Crippen molar-refractivity contribution in [2.24, 2.45) is 5.73 Å². The Bertz CT molecular complexity index is 835. The monoisotopic (exact) mass is 314 g/mol. The Balaban J connectivity index is 2.02. The molecular weight excluding hydrogens is 304 g/mol. The van der Waals surface area contributed by atoms with Gasteiger partial charge in [0.15, 0.2) is 0 Å². The molecule has 0 unspecified atom stereocenters. The molecule has 21 heavy (non-hydrogen) atoms. The van der Waals surface area contributed by atoms with Crippen LogP contribution in [0.2, 0.25) is 5.02 Å². The van der Waals surface area contributed by atoms with Crippen LogP contribution < -0.4 is 10.5 Å². The molecule has 1 heterocycles. The molecule has 0 bridgehead atoms. The number of hydrogen-bond donors (Lipinski definition) is 1. The van der Waals surface area contributed by atoms with Crippen LogP contribution in [-0.2, 0) is 0 Å². The molecule has 2 N–H and O–H groups in total. The van der Waals surface area contributed by atoms with E-state index < -0.39 is 0 Å². The van der Waals surface area contributed by atoms with Crippen molar-refractivity contribution in [1.29, 1.82) is 0 Å². The third kappa shape index (κ3) is 2.82. The van der Waals surface area contributed by atoms with E-state index in [0.29, 0.717) is 22.1 Å². The number of aromatic nitrogens is 1. The molecule has 0 aliphatic carbocycles. The number of hydrogen-bond acceptors (Lipinski definition) is 3. The van der Waals surface area contributed by atoms with Gasteiger partial charge in [-0.2, -0.15) is 0 Å². The quantitative estimate of drug-likeness (QED) is 0.732. The van der Waals surface area contributed by atoms with Gasteiger partial charge in [-0.15, -0.1) is 0 Å². The number of thiocarbonyl (C=S) groups is 1. The molecule has 0 atom stereocenters. The van der Waals surface area contributed by atoms with Crippen molar-refractivity contribution in [2.45, 2.75) is 0 Å². The summed E-state index contributed by atoms with van der Waals surface area (Å²) in [7, 11) is 0. The SMILES string of the molecule is NC(=S)c1c(Cl)cccc1Oc1ccc2cccnc2c1. The first kappa shape index (κ1) is 13.8. The molecule has 3 rings (SSSR count). The van der Waals surface area contributed by atoms with E-state index in [1.807, 2.05) is 30.3 Å². The Morgan fingerprint density at radius 3 is 2.81 bits per heavy atom. The molecule has 0 saturated heterocycles. The Hall–Kier alpha value is -2.17. The topological polar surface area (TPSA) is 48.1 Å². The first-order valence-electron chi connectivity index (χ1n) is 6.26. The Morgan fingerprint density at radius 1 is 1.14 bits per heavy atom. The fourth-order valence-corrected chi connectivity index (χ4v) is 2.60. The van der Waals surface area contributed by atoms with Gasteiger partial charge in [-0.05, 0) is 30.3 Å². The summed E-state index contributed by atoms with van der Waals surface area (Å²) in [5.41, 5.74) is 7.11. The second-order valence-corrected chi connectivity index (χ2v) is 5.28. The minimum Gasteiger partial charge on any atom is -0.456 e. The van der Waals surface area contributed by atoms with E-state index in [4.69, 9.17) is 34.3 Å². The van der Waals surface area contributed by atoms with Gasteiger partial charge in [0.25, 0.3) is 0 Å². The minimum absolute atomic E-state index is 0.203. The predicted octanol–water partition coefficient (Wildman–Crippen LogP) is 4.31. The Morgan fingerprint density at radius 2 is 2.00 bits per heavy atom. The fraction of sp³-hybridized carbons (Fsp3) is 0. The lowest BCUT2D eigenvalue weighted by Crippen LogP contribution is -2.11. The van der Waals surface area contributed by atoms with E-state index in [1.165, 1.54) is 0 Å². The molecule has 0 radical (unpaired) electrons. The van der Waals surface area contributed by atoms with Crippen molar-refractivity contribution in [3.05, 3.63) is 65.3 Å². The predicted molar refractivity (Wildman–Crippen MR) is 89.2 cm³/mol. The normalized spacial score (nSPS) is 10.5. The van der Waals surface area contributed by atoms with Gasteiger partial charge in [0.2, 0.25) is 0 Å². The first-order chi connectivity index (χ1) is 10.1. The summed E-state index contributed by atoms with van der Waals surface area (Å²) in [6, 6.07) is 14.9. The van der Waals surface area contributed by atoms with E-state index >= 15 is 0 Å². The van der Waals surface area contributed by atoms with E-state index in [1.54, 1.807) is 24.4 Å². The molecule has 0 amide bonds. The second kappa shape index (κ2) is 5.68. The Labute approximate surface area is 132 Å². The molecule has 0 spiro atoms. The molecule has 0 fully saturated rings. The van der Waals surface area contributed by atoms with Gasteiger partial charge in [0.1, 0.15) is 16.5 Å². The van der Waals surface area contributed by atoms with Crippen molar-refractivity contribution >= 4 is 39.7 Å². The molecule has 0 aliphatic heterocycles. The summed E-state index contributed by atoms with van der Waals surface area (Å²) in [5, 5.41) is 1.52. The zero-order valence-corrected chi connectivity index (χ0v) is 12.5. The molecule has 5 heteroatoms. The maximum atomic E-state index is 6.13. The van der Waals surface area contributed by atoms with Crippen LogP contribution in [0.3, 0.4) is 0 Å². The van der Waals surface area contributed by atoms with E-state index in [-0.39, 0.29) is 4.99 Å². The van der Waals surface area contributed by atoms with Gasteiger partial charge in [-0.1, -0.05) is 36.0 Å². The van der Waals surface area contributed by atoms with Crippen LogP contribution in [0.1, 0.15) is 5.56 Å². The van der Waals surface area contributed by atoms with E-state index in [0.717, 1.165) is 10.9 Å². The van der Waals surface area contributed by atoms with Crippen LogP contribution in [0.15, 0.2) is 54.7 Å². The van der Waals surface area contributed by atoms with Crippen LogP contribution in [-0.4, -0.2) is 9.97 Å². The van der Waals surface area contributed by atoms with Gasteiger partial charge in [0.05, 0.1) is 16.1 Å². The van der Waals surface area contributed by atoms with Crippen molar-refractivity contribution in [3.8, 4) is 11.5 Å². The number of nitrogens with zero attached hydrogens (tertiary/aromatic N) is 1. The smallest absolute Gasteiger partial charge is 0.139 e. The van der Waals surface area contributed by atoms with Crippen LogP contribution in [0.5, 0.6) is 11.5 Å². The minimum atomic E-state index is 0.203. The third-order valence-corrected chi connectivity index (χ3v) is 3.55. The van der Waals surface area contributed by atoms with E-state index in [2.05, 4.69) is 4.98 Å². The number of halogens is 1. The van der Waals surface area contributed by atoms with Crippen LogP contribution in [0.25, 0.3) is 10.9 Å². The van der Waals surface area contributed by atoms with Gasteiger partial charge in [-0.3, -0.25) is 4.98 Å². The highest BCUT2D eigenvalue weighted by molar-refractivity contribution is 7.80. The first-order valence-corrected chi connectivity index (χ1v) is 7.05. The summed E-state index contributed by atoms with van der Waals surface area (Å²) in [4.78, 5) is 4.51. The largest absolute Gasteiger partial charge is 0.456 e. The lowest BCUT2D eigenvalue weighted by molar-refractivity contribution is 0.482. The zero-order chi connectivity index (χ0) is 14.8. The van der Waals surface area contributed by atoms with E-state index in [9.17, 15) is 0 Å². The van der Waals surface area contributed by atoms with Gasteiger partial charge < -0.3 is 10.5 Å². The third-order valence-electron chi connectivity index (χ3n) is 3.03. The number of nitrogens with two attached hydrogens (primary N) is 1. The molecule has 3 aromatic rings. The zero-order valence-electron chi connectivity index (χ0n) is 10.9. The van der Waals surface area contributed by atoms with Crippen LogP contribution >= 0.6 is 23.8 Å². The van der Waals surface area contributed by atoms with Crippen molar-refractivity contribution in [1.82, 2.24) is 4.98 Å².